The fourth-order valence-corrected chi connectivity index (χ4v) is 8.78. The largest absolute Gasteiger partial charge is 0.307 e. The van der Waals surface area contributed by atoms with Crippen molar-refractivity contribution in [3.63, 3.8) is 0 Å². The van der Waals surface area contributed by atoms with Crippen LogP contribution in [0.25, 0.3) is 93.5 Å². The zero-order chi connectivity index (χ0) is 38.0. The van der Waals surface area contributed by atoms with E-state index in [0.29, 0.717) is 0 Å². The van der Waals surface area contributed by atoms with Gasteiger partial charge in [-0.3, -0.25) is 4.98 Å². The Kier molecular flexibility index (Phi) is 7.97. The highest BCUT2D eigenvalue weighted by Crippen LogP contribution is 2.48. The second kappa shape index (κ2) is 13.2. The molecule has 10 rings (SSSR count). The van der Waals surface area contributed by atoms with Gasteiger partial charge in [0.05, 0.1) is 22.9 Å². The van der Waals surface area contributed by atoms with Crippen molar-refractivity contribution in [2.45, 2.75) is 33.1 Å². The number of aromatic nitrogens is 2. The van der Waals surface area contributed by atoms with Crippen molar-refractivity contribution in [2.75, 3.05) is 0 Å². The third kappa shape index (κ3) is 5.52. The van der Waals surface area contributed by atoms with Crippen LogP contribution in [-0.2, 0) is 5.41 Å². The van der Waals surface area contributed by atoms with E-state index in [1.165, 1.54) is 93.5 Å². The van der Waals surface area contributed by atoms with Gasteiger partial charge in [0.1, 0.15) is 0 Å². The average Bonchev–Trinajstić information content (AvgIpc) is 3.57. The Bertz CT molecular complexity index is 3050. The van der Waals surface area contributed by atoms with Gasteiger partial charge in [0.2, 0.25) is 0 Å². The number of benzene rings is 8. The summed E-state index contributed by atoms with van der Waals surface area (Å²) >= 11 is 0. The average molecular weight is 719 g/mol. The Morgan fingerprint density at radius 3 is 1.84 bits per heavy atom. The van der Waals surface area contributed by atoms with Crippen molar-refractivity contribution in [1.82, 2.24) is 9.55 Å². The van der Waals surface area contributed by atoms with Crippen molar-refractivity contribution < 1.29 is 0 Å². The van der Waals surface area contributed by atoms with E-state index < -0.39 is 0 Å². The van der Waals surface area contributed by atoms with Crippen molar-refractivity contribution in [3.05, 3.63) is 193 Å². The van der Waals surface area contributed by atoms with Crippen LogP contribution in [-0.4, -0.2) is 9.55 Å². The van der Waals surface area contributed by atoms with Crippen LogP contribution in [0.3, 0.4) is 0 Å². The molecule has 8 aromatic carbocycles. The number of aryl methyl sites for hydroxylation is 1. The maximum Gasteiger partial charge on any atom is 0.0724 e. The highest BCUT2D eigenvalue weighted by atomic mass is 15.0. The molecule has 0 aliphatic rings. The minimum Gasteiger partial charge on any atom is -0.307 e. The quantitative estimate of drug-likeness (QED) is 0.162. The first-order valence-electron chi connectivity index (χ1n) is 19.5. The van der Waals surface area contributed by atoms with Gasteiger partial charge < -0.3 is 4.57 Å². The molecule has 2 nitrogen and oxygen atoms in total. The molecule has 0 aliphatic carbocycles. The van der Waals surface area contributed by atoms with Crippen molar-refractivity contribution >= 4 is 43.4 Å². The molecular weight excluding hydrogens is 677 g/mol. The molecule has 56 heavy (non-hydrogen) atoms. The van der Waals surface area contributed by atoms with E-state index in [1.807, 2.05) is 12.4 Å². The maximum absolute atomic E-state index is 4.61. The van der Waals surface area contributed by atoms with Gasteiger partial charge in [0.25, 0.3) is 0 Å². The Morgan fingerprint density at radius 1 is 0.429 bits per heavy atom. The molecule has 0 fully saturated rings. The van der Waals surface area contributed by atoms with Gasteiger partial charge in [-0.05, 0) is 103 Å². The maximum atomic E-state index is 4.61. The predicted molar refractivity (Wildman–Crippen MR) is 239 cm³/mol. The van der Waals surface area contributed by atoms with Gasteiger partial charge in [0, 0.05) is 22.5 Å². The lowest BCUT2D eigenvalue weighted by Gasteiger charge is -2.25. The highest BCUT2D eigenvalue weighted by molar-refractivity contribution is 6.23. The lowest BCUT2D eigenvalue weighted by molar-refractivity contribution is 0.590. The first kappa shape index (κ1) is 33.8. The molecule has 0 aliphatic heterocycles. The van der Waals surface area contributed by atoms with E-state index in [1.54, 1.807) is 0 Å². The molecule has 2 aromatic heterocycles. The monoisotopic (exact) mass is 718 g/mol. The van der Waals surface area contributed by atoms with Gasteiger partial charge in [-0.15, -0.1) is 0 Å². The minimum absolute atomic E-state index is 0.0477. The molecule has 0 saturated carbocycles. The van der Waals surface area contributed by atoms with E-state index in [-0.39, 0.29) is 5.41 Å². The Hall–Kier alpha value is -6.77. The number of rotatable bonds is 5. The fourth-order valence-electron chi connectivity index (χ4n) is 8.78. The topological polar surface area (TPSA) is 17.8 Å². The van der Waals surface area contributed by atoms with E-state index >= 15 is 0 Å². The minimum atomic E-state index is -0.0477. The predicted octanol–water partition coefficient (Wildman–Crippen LogP) is 14.8. The smallest absolute Gasteiger partial charge is 0.0724 e. The molecule has 0 atom stereocenters. The summed E-state index contributed by atoms with van der Waals surface area (Å²) < 4.78 is 2.40. The van der Waals surface area contributed by atoms with E-state index in [9.17, 15) is 0 Å². The van der Waals surface area contributed by atoms with Gasteiger partial charge in [-0.1, -0.05) is 172 Å². The van der Waals surface area contributed by atoms with Crippen LogP contribution >= 0.6 is 0 Å². The fraction of sp³-hybridized carbons (Fsp3) is 0.0926. The Morgan fingerprint density at radius 2 is 1.05 bits per heavy atom. The summed E-state index contributed by atoms with van der Waals surface area (Å²) in [6, 6.07) is 62.7. The molecule has 0 saturated heterocycles. The Labute approximate surface area is 328 Å². The summed E-state index contributed by atoms with van der Waals surface area (Å²) in [5, 5.41) is 7.44. The summed E-state index contributed by atoms with van der Waals surface area (Å²) in [5.74, 6) is 0. The van der Waals surface area contributed by atoms with Crippen LogP contribution < -0.4 is 0 Å². The second-order valence-corrected chi connectivity index (χ2v) is 16.1. The van der Waals surface area contributed by atoms with Crippen LogP contribution in [0.15, 0.2) is 182 Å². The zero-order valence-electron chi connectivity index (χ0n) is 32.2. The van der Waals surface area contributed by atoms with E-state index in [2.05, 4.69) is 207 Å². The second-order valence-electron chi connectivity index (χ2n) is 16.1. The number of para-hydroxylation sites is 2. The summed E-state index contributed by atoms with van der Waals surface area (Å²) in [6.07, 6.45) is 3.90. The van der Waals surface area contributed by atoms with Crippen LogP contribution in [0.5, 0.6) is 0 Å². The summed E-state index contributed by atoms with van der Waals surface area (Å²) in [7, 11) is 0. The molecule has 0 N–H and O–H groups in total. The van der Waals surface area contributed by atoms with Crippen LogP contribution in [0, 0.1) is 6.92 Å². The first-order chi connectivity index (χ1) is 27.3. The highest BCUT2D eigenvalue weighted by Gasteiger charge is 2.24. The molecule has 0 unspecified atom stereocenters. The Balaban J connectivity index is 1.28. The van der Waals surface area contributed by atoms with Gasteiger partial charge in [-0.25, -0.2) is 0 Å². The van der Waals surface area contributed by atoms with Crippen molar-refractivity contribution in [2.24, 2.45) is 0 Å². The summed E-state index contributed by atoms with van der Waals surface area (Å²) in [5.41, 5.74) is 15.7. The first-order valence-corrected chi connectivity index (χ1v) is 19.5. The normalized spacial score (nSPS) is 11.9. The van der Waals surface area contributed by atoms with Gasteiger partial charge in [0.15, 0.2) is 0 Å². The zero-order valence-corrected chi connectivity index (χ0v) is 32.2. The summed E-state index contributed by atoms with van der Waals surface area (Å²) in [6.45, 7) is 9.14. The van der Waals surface area contributed by atoms with Crippen LogP contribution in [0.4, 0.5) is 0 Å². The van der Waals surface area contributed by atoms with Crippen LogP contribution in [0.2, 0.25) is 0 Å². The number of nitrogens with zero attached hydrogens (tertiary/aromatic N) is 2. The molecule has 268 valence electrons. The molecule has 0 radical (unpaired) electrons. The molecule has 10 aromatic rings. The van der Waals surface area contributed by atoms with E-state index in [0.717, 1.165) is 11.2 Å². The molecule has 0 spiro atoms. The molecule has 2 heterocycles. The number of pyridine rings is 1. The molecular formula is C54H42N2. The number of hydrogen-bond donors (Lipinski definition) is 0. The molecule has 2 heteroatoms. The van der Waals surface area contributed by atoms with Crippen LogP contribution in [0.1, 0.15) is 31.9 Å². The third-order valence-electron chi connectivity index (χ3n) is 11.5. The van der Waals surface area contributed by atoms with Crippen molar-refractivity contribution in [1.29, 1.82) is 0 Å². The standard InChI is InChI=1S/C54H42N2/c1-35-22-28-46-47(32-35)52(38-25-23-37(24-26-38)36-14-6-5-7-15-36)44-18-8-9-19-45(44)53(46)48-33-39(54(2,3)4)27-29-40(48)41-16-10-12-20-49(41)56-50-21-13-11-17-42(50)43-30-31-55-34-51(43)56/h5-34H,1-4H3. The molecule has 0 amide bonds. The van der Waals surface area contributed by atoms with Gasteiger partial charge >= 0.3 is 0 Å². The SMILES string of the molecule is Cc1ccc2c(-c3cc(C(C)(C)C)ccc3-c3ccccc3-n3c4ccccc4c4ccncc43)c3ccccc3c(-c3ccc(-c4ccccc4)cc3)c2c1. The van der Waals surface area contributed by atoms with Gasteiger partial charge in [-0.2, -0.15) is 0 Å². The number of fused-ring (bicyclic) bond motifs is 5. The van der Waals surface area contributed by atoms with E-state index in [4.69, 9.17) is 0 Å². The lowest BCUT2D eigenvalue weighted by Crippen LogP contribution is -2.11. The summed E-state index contributed by atoms with van der Waals surface area (Å²) in [4.78, 5) is 4.61. The number of hydrogen-bond acceptors (Lipinski definition) is 1. The third-order valence-corrected chi connectivity index (χ3v) is 11.5. The molecule has 0 bridgehead atoms. The lowest BCUT2D eigenvalue weighted by atomic mass is 9.79. The van der Waals surface area contributed by atoms with Crippen molar-refractivity contribution in [3.8, 4) is 50.2 Å².